The zero-order chi connectivity index (χ0) is 11.4. The van der Waals surface area contributed by atoms with Gasteiger partial charge in [0.1, 0.15) is 26.7 Å². The van der Waals surface area contributed by atoms with E-state index < -0.39 is 26.7 Å². The predicted octanol–water partition coefficient (Wildman–Crippen LogP) is 3.75. The molecule has 1 rings (SSSR count). The topological polar surface area (TPSA) is 0 Å². The molecule has 0 amide bonds. The monoisotopic (exact) mass is 219 g/mol. The Balaban J connectivity index is 3.41. The minimum Gasteiger partial charge on any atom is -0.246 e. The Hall–Kier alpha value is -1.06. The van der Waals surface area contributed by atoms with Crippen LogP contribution in [-0.2, 0) is 26.7 Å². The average Bonchev–Trinajstić information content (AvgIpc) is 2.27. The molecule has 0 aliphatic carbocycles. The molecule has 0 nitrogen and oxygen atoms in total. The van der Waals surface area contributed by atoms with Gasteiger partial charge < -0.3 is 0 Å². The van der Waals surface area contributed by atoms with E-state index in [-0.39, 0.29) is 27.8 Å². The van der Waals surface area contributed by atoms with Crippen LogP contribution in [0, 0.1) is 6.92 Å². The summed E-state index contributed by atoms with van der Waals surface area (Å²) in [5.41, 5.74) is 0.229. The lowest BCUT2D eigenvalue weighted by Gasteiger charge is -2.14. The summed E-state index contributed by atoms with van der Waals surface area (Å²) in [6.07, 6.45) is 0. The van der Waals surface area contributed by atoms with Crippen LogP contribution in [0.1, 0.15) is 27.8 Å². The van der Waals surface area contributed by atoms with Crippen molar-refractivity contribution in [2.75, 3.05) is 0 Å². The van der Waals surface area contributed by atoms with Crippen LogP contribution in [0.25, 0.3) is 0 Å². The van der Waals surface area contributed by atoms with Crippen molar-refractivity contribution in [1.82, 2.24) is 0 Å². The van der Waals surface area contributed by atoms with E-state index in [2.05, 4.69) is 6.92 Å². The fourth-order valence-electron chi connectivity index (χ4n) is 1.53. The first-order chi connectivity index (χ1) is 7.19. The standard InChI is InChI=1S/C11H11F4/c1-7-10(5-14)8(3-12)2-9(4-13)11(7)6-15/h2H,1,3-6H2. The van der Waals surface area contributed by atoms with Crippen molar-refractivity contribution >= 4 is 0 Å². The molecular weight excluding hydrogens is 208 g/mol. The van der Waals surface area contributed by atoms with Crippen molar-refractivity contribution in [3.63, 3.8) is 0 Å². The molecule has 4 heteroatoms. The fourth-order valence-corrected chi connectivity index (χ4v) is 1.53. The molecule has 0 heterocycles. The lowest BCUT2D eigenvalue weighted by atomic mass is 9.94. The van der Waals surface area contributed by atoms with Crippen molar-refractivity contribution in [2.24, 2.45) is 0 Å². The first-order valence-electron chi connectivity index (χ1n) is 4.41. The van der Waals surface area contributed by atoms with Crippen molar-refractivity contribution in [3.05, 3.63) is 40.8 Å². The Bertz CT molecular complexity index is 317. The Morgan fingerprint density at radius 2 is 1.20 bits per heavy atom. The van der Waals surface area contributed by atoms with Gasteiger partial charge in [0.2, 0.25) is 0 Å². The number of alkyl halides is 4. The Morgan fingerprint density at radius 1 is 0.800 bits per heavy atom. The minimum atomic E-state index is -0.919. The molecule has 83 valence electrons. The van der Waals surface area contributed by atoms with Crippen LogP contribution in [0.5, 0.6) is 0 Å². The maximum Gasteiger partial charge on any atom is 0.115 e. The maximum atomic E-state index is 12.6. The van der Waals surface area contributed by atoms with Gasteiger partial charge in [-0.2, -0.15) is 0 Å². The third-order valence-electron chi connectivity index (χ3n) is 2.41. The molecule has 0 aliphatic heterocycles. The van der Waals surface area contributed by atoms with Gasteiger partial charge in [0, 0.05) is 0 Å². The van der Waals surface area contributed by atoms with Crippen molar-refractivity contribution in [1.29, 1.82) is 0 Å². The zero-order valence-corrected chi connectivity index (χ0v) is 8.12. The number of hydrogen-bond acceptors (Lipinski definition) is 0. The van der Waals surface area contributed by atoms with Gasteiger partial charge in [-0.15, -0.1) is 0 Å². The van der Waals surface area contributed by atoms with Gasteiger partial charge in [-0.05, 0) is 40.8 Å². The number of benzene rings is 1. The average molecular weight is 219 g/mol. The highest BCUT2D eigenvalue weighted by atomic mass is 19.1. The second-order valence-electron chi connectivity index (χ2n) is 3.16. The van der Waals surface area contributed by atoms with Crippen molar-refractivity contribution in [3.8, 4) is 0 Å². The van der Waals surface area contributed by atoms with E-state index in [1.165, 1.54) is 6.07 Å². The van der Waals surface area contributed by atoms with E-state index >= 15 is 0 Å². The number of rotatable bonds is 4. The fraction of sp³-hybridized carbons (Fsp3) is 0.364. The number of halogens is 4. The molecule has 0 saturated carbocycles. The number of hydrogen-bond donors (Lipinski definition) is 0. The quantitative estimate of drug-likeness (QED) is 0.676. The van der Waals surface area contributed by atoms with Crippen LogP contribution < -0.4 is 0 Å². The van der Waals surface area contributed by atoms with Crippen molar-refractivity contribution < 1.29 is 17.6 Å². The highest BCUT2D eigenvalue weighted by Crippen LogP contribution is 2.26. The van der Waals surface area contributed by atoms with Gasteiger partial charge >= 0.3 is 0 Å². The molecule has 0 unspecified atom stereocenters. The van der Waals surface area contributed by atoms with Crippen molar-refractivity contribution in [2.45, 2.75) is 26.7 Å². The van der Waals surface area contributed by atoms with Gasteiger partial charge in [0.15, 0.2) is 0 Å². The van der Waals surface area contributed by atoms with Gasteiger partial charge in [0.05, 0.1) is 0 Å². The SMILES string of the molecule is [CH2]c1c(CF)c(CF)cc(CF)c1CF. The van der Waals surface area contributed by atoms with Crippen LogP contribution in [-0.4, -0.2) is 0 Å². The third kappa shape index (κ3) is 2.13. The summed E-state index contributed by atoms with van der Waals surface area (Å²) >= 11 is 0. The van der Waals surface area contributed by atoms with Gasteiger partial charge in [-0.25, -0.2) is 17.6 Å². The first-order valence-corrected chi connectivity index (χ1v) is 4.41. The van der Waals surface area contributed by atoms with Gasteiger partial charge in [-0.1, -0.05) is 0 Å². The molecule has 0 aliphatic rings. The first kappa shape index (κ1) is 12.0. The second-order valence-corrected chi connectivity index (χ2v) is 3.16. The van der Waals surface area contributed by atoms with E-state index in [1.54, 1.807) is 0 Å². The van der Waals surface area contributed by atoms with Crippen LogP contribution in [0.4, 0.5) is 17.6 Å². The zero-order valence-electron chi connectivity index (χ0n) is 8.12. The van der Waals surface area contributed by atoms with E-state index in [9.17, 15) is 17.6 Å². The third-order valence-corrected chi connectivity index (χ3v) is 2.41. The summed E-state index contributed by atoms with van der Waals surface area (Å²) in [6, 6.07) is 1.17. The molecule has 0 spiro atoms. The van der Waals surface area contributed by atoms with Gasteiger partial charge in [0.25, 0.3) is 0 Å². The van der Waals surface area contributed by atoms with Crippen LogP contribution in [0.2, 0.25) is 0 Å². The minimum absolute atomic E-state index is 0.0300. The largest absolute Gasteiger partial charge is 0.246 e. The second kappa shape index (κ2) is 5.14. The molecule has 0 atom stereocenters. The lowest BCUT2D eigenvalue weighted by molar-refractivity contribution is 0.437. The molecule has 15 heavy (non-hydrogen) atoms. The summed E-state index contributed by atoms with van der Waals surface area (Å²) in [7, 11) is 0. The molecule has 0 saturated heterocycles. The summed E-state index contributed by atoms with van der Waals surface area (Å²) in [5.74, 6) is 0. The molecule has 0 aromatic heterocycles. The van der Waals surface area contributed by atoms with Crippen LogP contribution >= 0.6 is 0 Å². The lowest BCUT2D eigenvalue weighted by Crippen LogP contribution is -2.02. The molecule has 0 fully saturated rings. The molecular formula is C11H11F4. The highest BCUT2D eigenvalue weighted by Gasteiger charge is 2.14. The summed E-state index contributed by atoms with van der Waals surface area (Å²) in [5, 5.41) is 0. The summed E-state index contributed by atoms with van der Waals surface area (Å²) < 4.78 is 50.1. The molecule has 1 aromatic rings. The van der Waals surface area contributed by atoms with E-state index in [0.29, 0.717) is 0 Å². The highest BCUT2D eigenvalue weighted by molar-refractivity contribution is 5.47. The molecule has 1 aromatic carbocycles. The van der Waals surface area contributed by atoms with Crippen LogP contribution in [0.15, 0.2) is 6.07 Å². The maximum absolute atomic E-state index is 12.6. The Kier molecular flexibility index (Phi) is 4.12. The Labute approximate surface area is 85.9 Å². The summed E-state index contributed by atoms with van der Waals surface area (Å²) in [4.78, 5) is 0. The smallest absolute Gasteiger partial charge is 0.115 e. The normalized spacial score (nSPS) is 10.7. The molecule has 1 radical (unpaired) electrons. The molecule has 0 bridgehead atoms. The van der Waals surface area contributed by atoms with Crippen LogP contribution in [0.3, 0.4) is 0 Å². The summed E-state index contributed by atoms with van der Waals surface area (Å²) in [6.45, 7) is -0.175. The van der Waals surface area contributed by atoms with E-state index in [0.717, 1.165) is 0 Å². The predicted molar refractivity (Wildman–Crippen MR) is 50.1 cm³/mol. The van der Waals surface area contributed by atoms with E-state index in [4.69, 9.17) is 0 Å². The Morgan fingerprint density at radius 3 is 1.47 bits per heavy atom. The van der Waals surface area contributed by atoms with E-state index in [1.807, 2.05) is 0 Å². The van der Waals surface area contributed by atoms with Gasteiger partial charge in [-0.3, -0.25) is 0 Å². The molecule has 0 N–H and O–H groups in total.